The SMILES string of the molecule is CCc1nc2ccc(NC(=O)Cc3c(C)nc(OC)nc3OC)cc2[nH]1. The molecule has 2 heterocycles. The fraction of sp³-hybridized carbons (Fsp3) is 0.333. The second kappa shape index (κ2) is 7.38. The van der Waals surface area contributed by atoms with Gasteiger partial charge in [-0.15, -0.1) is 0 Å². The number of nitrogens with zero attached hydrogens (tertiary/aromatic N) is 3. The van der Waals surface area contributed by atoms with Gasteiger partial charge < -0.3 is 19.8 Å². The van der Waals surface area contributed by atoms with Crippen LogP contribution in [0.1, 0.15) is 24.0 Å². The molecule has 1 amide bonds. The summed E-state index contributed by atoms with van der Waals surface area (Å²) in [6, 6.07) is 5.78. The van der Waals surface area contributed by atoms with Crippen LogP contribution in [0.5, 0.6) is 11.9 Å². The van der Waals surface area contributed by atoms with Crippen LogP contribution in [0.15, 0.2) is 18.2 Å². The molecule has 8 nitrogen and oxygen atoms in total. The highest BCUT2D eigenvalue weighted by Crippen LogP contribution is 2.23. The first-order valence-electron chi connectivity index (χ1n) is 8.28. The number of aromatic amines is 1. The Labute approximate surface area is 151 Å². The largest absolute Gasteiger partial charge is 0.481 e. The minimum atomic E-state index is -0.185. The third kappa shape index (κ3) is 3.58. The van der Waals surface area contributed by atoms with E-state index in [1.165, 1.54) is 14.2 Å². The fourth-order valence-electron chi connectivity index (χ4n) is 2.68. The maximum Gasteiger partial charge on any atom is 0.319 e. The van der Waals surface area contributed by atoms with Crippen LogP contribution in [-0.4, -0.2) is 40.1 Å². The van der Waals surface area contributed by atoms with E-state index < -0.39 is 0 Å². The summed E-state index contributed by atoms with van der Waals surface area (Å²) in [5.74, 6) is 1.06. The number of anilines is 1. The van der Waals surface area contributed by atoms with Gasteiger partial charge in [-0.25, -0.2) is 9.97 Å². The van der Waals surface area contributed by atoms with Crippen molar-refractivity contribution in [3.63, 3.8) is 0 Å². The predicted molar refractivity (Wildman–Crippen MR) is 97.7 cm³/mol. The highest BCUT2D eigenvalue weighted by atomic mass is 16.5. The lowest BCUT2D eigenvalue weighted by molar-refractivity contribution is -0.115. The topological polar surface area (TPSA) is 102 Å². The van der Waals surface area contributed by atoms with Crippen molar-refractivity contribution in [2.45, 2.75) is 26.7 Å². The Bertz CT molecular complexity index is 951. The van der Waals surface area contributed by atoms with Gasteiger partial charge in [0.2, 0.25) is 11.8 Å². The van der Waals surface area contributed by atoms with Crippen LogP contribution in [0.25, 0.3) is 11.0 Å². The van der Waals surface area contributed by atoms with E-state index in [0.29, 0.717) is 22.8 Å². The number of carbonyl (C=O) groups is 1. The smallest absolute Gasteiger partial charge is 0.319 e. The number of benzene rings is 1. The first-order chi connectivity index (χ1) is 12.5. The van der Waals surface area contributed by atoms with E-state index in [4.69, 9.17) is 9.47 Å². The summed E-state index contributed by atoms with van der Waals surface area (Å²) < 4.78 is 10.3. The average Bonchev–Trinajstić information content (AvgIpc) is 3.05. The van der Waals surface area contributed by atoms with Crippen molar-refractivity contribution in [2.24, 2.45) is 0 Å². The van der Waals surface area contributed by atoms with Crippen molar-refractivity contribution in [1.29, 1.82) is 0 Å². The maximum absolute atomic E-state index is 12.5. The number of rotatable bonds is 6. The molecular weight excluding hydrogens is 334 g/mol. The number of hydrogen-bond acceptors (Lipinski definition) is 6. The quantitative estimate of drug-likeness (QED) is 0.704. The van der Waals surface area contributed by atoms with E-state index in [1.54, 1.807) is 6.92 Å². The number of methoxy groups -OCH3 is 2. The number of carbonyl (C=O) groups excluding carboxylic acids is 1. The van der Waals surface area contributed by atoms with E-state index in [-0.39, 0.29) is 18.3 Å². The Morgan fingerprint density at radius 3 is 2.69 bits per heavy atom. The van der Waals surface area contributed by atoms with Crippen molar-refractivity contribution in [1.82, 2.24) is 19.9 Å². The summed E-state index contributed by atoms with van der Waals surface area (Å²) in [4.78, 5) is 28.5. The minimum Gasteiger partial charge on any atom is -0.481 e. The number of nitrogens with one attached hydrogen (secondary N) is 2. The van der Waals surface area contributed by atoms with Gasteiger partial charge in [0.05, 0.1) is 37.4 Å². The van der Waals surface area contributed by atoms with Crippen LogP contribution in [-0.2, 0) is 17.6 Å². The molecule has 0 bridgehead atoms. The van der Waals surface area contributed by atoms with Gasteiger partial charge in [-0.2, -0.15) is 4.98 Å². The lowest BCUT2D eigenvalue weighted by Crippen LogP contribution is -2.16. The lowest BCUT2D eigenvalue weighted by Gasteiger charge is -2.11. The zero-order chi connectivity index (χ0) is 18.7. The van der Waals surface area contributed by atoms with Gasteiger partial charge >= 0.3 is 6.01 Å². The number of hydrogen-bond donors (Lipinski definition) is 2. The van der Waals surface area contributed by atoms with Gasteiger partial charge in [-0.1, -0.05) is 6.92 Å². The summed E-state index contributed by atoms with van der Waals surface area (Å²) in [5.41, 5.74) is 3.73. The minimum absolute atomic E-state index is 0.0974. The summed E-state index contributed by atoms with van der Waals surface area (Å²) >= 11 is 0. The van der Waals surface area contributed by atoms with Crippen LogP contribution >= 0.6 is 0 Å². The third-order valence-electron chi connectivity index (χ3n) is 4.02. The monoisotopic (exact) mass is 355 g/mol. The Hall–Kier alpha value is -3.16. The van der Waals surface area contributed by atoms with Gasteiger partial charge in [0, 0.05) is 17.7 Å². The summed E-state index contributed by atoms with van der Waals surface area (Å²) in [7, 11) is 2.98. The van der Waals surface area contributed by atoms with Crippen molar-refractivity contribution < 1.29 is 14.3 Å². The molecular formula is C18H21N5O3. The molecule has 0 aliphatic rings. The standard InChI is InChI=1S/C18H21N5O3/c1-5-15-21-13-7-6-11(8-14(13)22-15)20-16(24)9-12-10(2)19-18(26-4)23-17(12)25-3/h6-8H,5,9H2,1-4H3,(H,20,24)(H,21,22). The van der Waals surface area contributed by atoms with E-state index in [0.717, 1.165) is 23.3 Å². The summed E-state index contributed by atoms with van der Waals surface area (Å²) in [6.45, 7) is 3.82. The maximum atomic E-state index is 12.5. The van der Waals surface area contributed by atoms with E-state index >= 15 is 0 Å². The molecule has 2 aromatic heterocycles. The number of H-pyrrole nitrogens is 1. The van der Waals surface area contributed by atoms with E-state index in [9.17, 15) is 4.79 Å². The lowest BCUT2D eigenvalue weighted by atomic mass is 10.1. The molecule has 0 aliphatic carbocycles. The van der Waals surface area contributed by atoms with E-state index in [1.807, 2.05) is 25.1 Å². The zero-order valence-electron chi connectivity index (χ0n) is 15.2. The Morgan fingerprint density at radius 1 is 1.19 bits per heavy atom. The highest BCUT2D eigenvalue weighted by molar-refractivity contribution is 5.94. The zero-order valence-corrected chi connectivity index (χ0v) is 15.2. The van der Waals surface area contributed by atoms with Crippen LogP contribution in [0, 0.1) is 6.92 Å². The molecule has 0 aliphatic heterocycles. The van der Waals surface area contributed by atoms with Gasteiger partial charge in [0.1, 0.15) is 5.82 Å². The Kier molecular flexibility index (Phi) is 5.01. The second-order valence-electron chi connectivity index (χ2n) is 5.78. The number of ether oxygens (including phenoxy) is 2. The number of amides is 1. The first-order valence-corrected chi connectivity index (χ1v) is 8.28. The molecule has 1 aromatic carbocycles. The number of fused-ring (bicyclic) bond motifs is 1. The molecule has 0 atom stereocenters. The van der Waals surface area contributed by atoms with Crippen LogP contribution < -0.4 is 14.8 Å². The van der Waals surface area contributed by atoms with Gasteiger partial charge in [-0.3, -0.25) is 4.79 Å². The van der Waals surface area contributed by atoms with E-state index in [2.05, 4.69) is 25.3 Å². The molecule has 8 heteroatoms. The van der Waals surface area contributed by atoms with Crippen molar-refractivity contribution in [3.8, 4) is 11.9 Å². The molecule has 136 valence electrons. The molecule has 26 heavy (non-hydrogen) atoms. The summed E-state index contributed by atoms with van der Waals surface area (Å²) in [5, 5.41) is 2.89. The van der Waals surface area contributed by atoms with Crippen molar-refractivity contribution in [2.75, 3.05) is 19.5 Å². The molecule has 0 unspecified atom stereocenters. The van der Waals surface area contributed by atoms with Crippen LogP contribution in [0.4, 0.5) is 5.69 Å². The summed E-state index contributed by atoms with van der Waals surface area (Å²) in [6.07, 6.45) is 0.924. The second-order valence-corrected chi connectivity index (χ2v) is 5.78. The molecule has 3 rings (SSSR count). The molecule has 0 radical (unpaired) electrons. The first kappa shape index (κ1) is 17.7. The fourth-order valence-corrected chi connectivity index (χ4v) is 2.68. The number of imidazole rings is 1. The Morgan fingerprint density at radius 2 is 2.00 bits per heavy atom. The van der Waals surface area contributed by atoms with Crippen LogP contribution in [0.2, 0.25) is 0 Å². The van der Waals surface area contributed by atoms with Gasteiger partial charge in [-0.05, 0) is 25.1 Å². The predicted octanol–water partition coefficient (Wildman–Crippen LogP) is 2.42. The van der Waals surface area contributed by atoms with Gasteiger partial charge in [0.25, 0.3) is 0 Å². The molecule has 3 aromatic rings. The Balaban J connectivity index is 1.78. The molecule has 0 saturated heterocycles. The number of aromatic nitrogens is 4. The molecule has 0 fully saturated rings. The van der Waals surface area contributed by atoms with Gasteiger partial charge in [0.15, 0.2) is 0 Å². The normalized spacial score (nSPS) is 10.8. The number of aryl methyl sites for hydroxylation is 2. The van der Waals surface area contributed by atoms with Crippen LogP contribution in [0.3, 0.4) is 0 Å². The molecule has 0 saturated carbocycles. The molecule has 0 spiro atoms. The highest BCUT2D eigenvalue weighted by Gasteiger charge is 2.16. The molecule has 2 N–H and O–H groups in total. The van der Waals surface area contributed by atoms with Crippen molar-refractivity contribution >= 4 is 22.6 Å². The third-order valence-corrected chi connectivity index (χ3v) is 4.02. The average molecular weight is 355 g/mol. The van der Waals surface area contributed by atoms with Crippen molar-refractivity contribution in [3.05, 3.63) is 35.3 Å².